The molecule has 5 nitrogen and oxygen atoms in total. The van der Waals surface area contributed by atoms with Crippen LogP contribution >= 0.6 is 0 Å². The minimum absolute atomic E-state index is 0. The Morgan fingerprint density at radius 3 is 1.74 bits per heavy atom. The predicted octanol–water partition coefficient (Wildman–Crippen LogP) is 1.77. The van der Waals surface area contributed by atoms with Crippen LogP contribution in [0.1, 0.15) is 25.5 Å². The molecule has 1 aromatic rings. The summed E-state index contributed by atoms with van der Waals surface area (Å²) in [5, 5.41) is 2.82. The van der Waals surface area contributed by atoms with Crippen LogP contribution in [0.2, 0.25) is 0 Å². The van der Waals surface area contributed by atoms with Crippen LogP contribution in [0.3, 0.4) is 0 Å². The van der Waals surface area contributed by atoms with Crippen LogP contribution in [-0.4, -0.2) is 5.91 Å². The van der Waals surface area contributed by atoms with Crippen molar-refractivity contribution in [2.24, 2.45) is 0 Å². The van der Waals surface area contributed by atoms with E-state index in [4.69, 9.17) is 14.0 Å². The van der Waals surface area contributed by atoms with E-state index < -0.39 is 0 Å². The number of benzene rings is 1. The largest absolute Gasteiger partial charge is 0 e. The van der Waals surface area contributed by atoms with Crippen LogP contribution in [0.25, 0.3) is 0 Å². The van der Waals surface area contributed by atoms with Gasteiger partial charge in [-0.3, -0.25) is 4.79 Å². The Morgan fingerprint density at radius 2 is 1.42 bits per heavy atom. The average molecular weight is 299 g/mol. The first-order chi connectivity index (χ1) is 8.70. The number of hydrogen-bond acceptors (Lipinski definition) is 1. The van der Waals surface area contributed by atoms with E-state index in [1.54, 1.807) is 0 Å². The molecule has 0 aliphatic heterocycles. The number of carbonyl (C=O) groups excluding carboxylic acids is 1. The normalized spacial score (nSPS) is 8.00. The van der Waals surface area contributed by atoms with Gasteiger partial charge in [-0.05, 0) is 12.5 Å². The fraction of sp³-hybridized carbons (Fsp3) is 0.231. The second-order valence-electron chi connectivity index (χ2n) is 2.83. The monoisotopic (exact) mass is 299 g/mol. The van der Waals surface area contributed by atoms with Gasteiger partial charge in [0.2, 0.25) is 5.91 Å². The molecular weight excluding hydrogens is 286 g/mol. The van der Waals surface area contributed by atoms with E-state index in [1.165, 1.54) is 6.92 Å². The van der Waals surface area contributed by atoms with Crippen molar-refractivity contribution in [1.29, 1.82) is 0 Å². The predicted molar refractivity (Wildman–Crippen MR) is 60.5 cm³/mol. The van der Waals surface area contributed by atoms with Crippen LogP contribution < -0.4 is 5.32 Å². The topological polar surface area (TPSA) is 88.8 Å². The molecule has 0 unspecified atom stereocenters. The van der Waals surface area contributed by atoms with Gasteiger partial charge in [0.25, 0.3) is 0 Å². The summed E-state index contributed by atoms with van der Waals surface area (Å²) in [6.45, 7) is 17.0. The zero-order chi connectivity index (χ0) is 15.0. The van der Waals surface area contributed by atoms with Crippen molar-refractivity contribution < 1.29 is 36.1 Å². The first-order valence-corrected chi connectivity index (χ1v) is 4.63. The number of rotatable bonds is 2. The van der Waals surface area contributed by atoms with E-state index in [0.717, 1.165) is 5.56 Å². The molecular formula is C13H13CrNO4. The van der Waals surface area contributed by atoms with Crippen molar-refractivity contribution in [2.75, 3.05) is 0 Å². The van der Waals surface area contributed by atoms with E-state index in [1.807, 2.05) is 37.3 Å². The van der Waals surface area contributed by atoms with Gasteiger partial charge < -0.3 is 5.32 Å². The quantitative estimate of drug-likeness (QED) is 0.654. The second-order valence-corrected chi connectivity index (χ2v) is 2.83. The van der Waals surface area contributed by atoms with Crippen LogP contribution in [0.5, 0.6) is 0 Å². The Bertz CT molecular complexity index is 359. The first-order valence-electron chi connectivity index (χ1n) is 4.63. The summed E-state index contributed by atoms with van der Waals surface area (Å²) in [5.41, 5.74) is 1.13. The summed E-state index contributed by atoms with van der Waals surface area (Å²) in [6, 6.07) is 10.00. The Morgan fingerprint density at radius 1 is 1.05 bits per heavy atom. The molecule has 1 amide bonds. The van der Waals surface area contributed by atoms with Gasteiger partial charge in [0.05, 0.1) is 6.04 Å². The van der Waals surface area contributed by atoms with Crippen LogP contribution in [0, 0.1) is 20.0 Å². The summed E-state index contributed by atoms with van der Waals surface area (Å²) in [5.74, 6) is 0.00588. The Labute approximate surface area is 123 Å². The number of amides is 1. The van der Waals surface area contributed by atoms with E-state index in [0.29, 0.717) is 0 Å². The molecule has 0 radical (unpaired) electrons. The van der Waals surface area contributed by atoms with Crippen LogP contribution in [-0.2, 0) is 36.1 Å². The van der Waals surface area contributed by atoms with Gasteiger partial charge in [0.1, 0.15) is 0 Å². The van der Waals surface area contributed by atoms with E-state index in [9.17, 15) is 4.79 Å². The number of carbonyl (C=O) groups is 1. The Kier molecular flexibility index (Phi) is 29.8. The molecule has 0 heterocycles. The summed E-state index contributed by atoms with van der Waals surface area (Å²) in [7, 11) is 0. The minimum atomic E-state index is 0. The van der Waals surface area contributed by atoms with E-state index in [2.05, 4.69) is 25.3 Å². The maximum atomic E-state index is 10.7. The van der Waals surface area contributed by atoms with Gasteiger partial charge in [-0.25, -0.2) is 0 Å². The summed E-state index contributed by atoms with van der Waals surface area (Å²) >= 11 is 0. The van der Waals surface area contributed by atoms with Gasteiger partial charge in [-0.2, -0.15) is 0 Å². The average Bonchev–Trinajstić information content (AvgIpc) is 2.46. The van der Waals surface area contributed by atoms with Crippen LogP contribution in [0.4, 0.5) is 0 Å². The van der Waals surface area contributed by atoms with Crippen molar-refractivity contribution in [3.05, 3.63) is 55.8 Å². The molecule has 0 aliphatic carbocycles. The first kappa shape index (κ1) is 26.1. The molecule has 0 spiro atoms. The smallest absolute Gasteiger partial charge is 0 e. The van der Waals surface area contributed by atoms with Crippen molar-refractivity contribution in [3.63, 3.8) is 0 Å². The zero-order valence-corrected chi connectivity index (χ0v) is 11.8. The van der Waals surface area contributed by atoms with Crippen molar-refractivity contribution in [3.8, 4) is 0 Å². The summed E-state index contributed by atoms with van der Waals surface area (Å²) in [4.78, 5) is 10.7. The van der Waals surface area contributed by atoms with Crippen molar-refractivity contribution in [1.82, 2.24) is 5.32 Å². The number of nitrogens with one attached hydrogen (secondary N) is 1. The standard InChI is InChI=1S/C10H13NO.3CO.Cr/c1-8(11-9(2)12)10-6-4-3-5-7-10;3*1-2;/h3-8H,1-2H3,(H,11,12);;;;/t8-;;;;/m1..../s1. The van der Waals surface area contributed by atoms with Crippen molar-refractivity contribution in [2.45, 2.75) is 19.9 Å². The van der Waals surface area contributed by atoms with Gasteiger partial charge in [0, 0.05) is 24.3 Å². The second kappa shape index (κ2) is 21.7. The molecule has 1 aromatic carbocycles. The zero-order valence-electron chi connectivity index (χ0n) is 10.5. The fourth-order valence-corrected chi connectivity index (χ4v) is 1.13. The molecule has 0 aromatic heterocycles. The third-order valence-electron chi connectivity index (χ3n) is 1.72. The molecule has 1 N–H and O–H groups in total. The summed E-state index contributed by atoms with van der Waals surface area (Å²) in [6.07, 6.45) is 0. The maximum absolute atomic E-state index is 10.7. The maximum Gasteiger partial charge on any atom is 0 e. The summed E-state index contributed by atoms with van der Waals surface area (Å²) < 4.78 is 22.5. The van der Waals surface area contributed by atoms with Crippen LogP contribution in [0.15, 0.2) is 30.3 Å². The van der Waals surface area contributed by atoms with E-state index >= 15 is 0 Å². The third-order valence-corrected chi connectivity index (χ3v) is 1.72. The molecule has 1 rings (SSSR count). The van der Waals surface area contributed by atoms with Gasteiger partial charge in [0.15, 0.2) is 0 Å². The molecule has 6 heteroatoms. The molecule has 19 heavy (non-hydrogen) atoms. The third kappa shape index (κ3) is 16.4. The molecule has 100 valence electrons. The molecule has 0 bridgehead atoms. The van der Waals surface area contributed by atoms with E-state index in [-0.39, 0.29) is 29.3 Å². The van der Waals surface area contributed by atoms with Gasteiger partial charge in [-0.1, -0.05) is 30.3 Å². The Hall–Kier alpha value is -1.56. The van der Waals surface area contributed by atoms with Gasteiger partial charge in [-0.15, -0.1) is 0 Å². The molecule has 0 fully saturated rings. The minimum Gasteiger partial charge on any atom is 0 e. The Balaban J connectivity index is -0.000000142. The molecule has 0 saturated carbocycles. The fourth-order valence-electron chi connectivity index (χ4n) is 1.13. The number of hydrogen-bond donors (Lipinski definition) is 1. The van der Waals surface area contributed by atoms with Gasteiger partial charge >= 0.3 is 33.9 Å². The molecule has 0 saturated heterocycles. The molecule has 1 atom stereocenters. The molecule has 0 aliphatic rings. The van der Waals surface area contributed by atoms with Crippen molar-refractivity contribution >= 4 is 5.91 Å². The SMILES string of the molecule is CC(=O)N[C@H](C)c1ccccc1.[C-]#[O+].[C-]#[O+].[C-]#[O+].[Cr].